The Kier molecular flexibility index (Phi) is 4.96. The fourth-order valence-corrected chi connectivity index (χ4v) is 4.74. The molecule has 1 unspecified atom stereocenters. The van der Waals surface area contributed by atoms with Crippen molar-refractivity contribution < 1.29 is 9.59 Å². The van der Waals surface area contributed by atoms with Gasteiger partial charge in [0, 0.05) is 32.4 Å². The minimum absolute atomic E-state index is 0.00523. The first kappa shape index (κ1) is 18.7. The van der Waals surface area contributed by atoms with Crippen molar-refractivity contribution in [2.75, 3.05) is 26.7 Å². The molecule has 6 nitrogen and oxygen atoms in total. The lowest BCUT2D eigenvalue weighted by atomic mass is 9.67. The minimum Gasteiger partial charge on any atom is -0.345 e. The second-order valence-corrected chi connectivity index (χ2v) is 8.29. The van der Waals surface area contributed by atoms with E-state index in [1.165, 1.54) is 0 Å². The molecule has 28 heavy (non-hydrogen) atoms. The maximum Gasteiger partial charge on any atom is 0.274 e. The zero-order valence-corrected chi connectivity index (χ0v) is 16.6. The van der Waals surface area contributed by atoms with Crippen molar-refractivity contribution in [1.82, 2.24) is 20.0 Å². The van der Waals surface area contributed by atoms with E-state index in [0.29, 0.717) is 5.69 Å². The largest absolute Gasteiger partial charge is 0.345 e. The summed E-state index contributed by atoms with van der Waals surface area (Å²) in [6, 6.07) is 11.9. The molecule has 1 spiro atoms. The van der Waals surface area contributed by atoms with E-state index in [4.69, 9.17) is 0 Å². The van der Waals surface area contributed by atoms with Gasteiger partial charge >= 0.3 is 0 Å². The second-order valence-electron chi connectivity index (χ2n) is 8.29. The quantitative estimate of drug-likeness (QED) is 0.890. The van der Waals surface area contributed by atoms with Crippen LogP contribution in [-0.4, -0.2) is 58.5 Å². The number of rotatable bonds is 3. The second kappa shape index (κ2) is 7.41. The van der Waals surface area contributed by atoms with Crippen molar-refractivity contribution in [2.24, 2.45) is 5.41 Å². The average Bonchev–Trinajstić information content (AvgIpc) is 3.21. The third kappa shape index (κ3) is 3.43. The van der Waals surface area contributed by atoms with Gasteiger partial charge in [0.25, 0.3) is 5.91 Å². The molecule has 148 valence electrons. The number of benzene rings is 1. The summed E-state index contributed by atoms with van der Waals surface area (Å²) >= 11 is 0. The van der Waals surface area contributed by atoms with Gasteiger partial charge in [0.1, 0.15) is 5.69 Å². The number of nitrogens with zero attached hydrogens (tertiary/aromatic N) is 3. The predicted octanol–water partition coefficient (Wildman–Crippen LogP) is 2.84. The summed E-state index contributed by atoms with van der Waals surface area (Å²) in [6.07, 6.45) is 3.55. The normalized spacial score (nSPS) is 21.9. The number of carbonyl (C=O) groups is 2. The highest BCUT2D eigenvalue weighted by Gasteiger charge is 2.45. The molecule has 1 aromatic heterocycles. The predicted molar refractivity (Wildman–Crippen MR) is 107 cm³/mol. The summed E-state index contributed by atoms with van der Waals surface area (Å²) in [5.74, 6) is 0.130. The van der Waals surface area contributed by atoms with Crippen molar-refractivity contribution in [2.45, 2.75) is 38.5 Å². The summed E-state index contributed by atoms with van der Waals surface area (Å²) in [5.41, 5.74) is 2.67. The lowest BCUT2D eigenvalue weighted by Crippen LogP contribution is -2.53. The molecule has 0 saturated carbocycles. The minimum atomic E-state index is -0.0827. The third-order valence-electron chi connectivity index (χ3n) is 6.43. The molecule has 1 N–H and O–H groups in total. The van der Waals surface area contributed by atoms with Gasteiger partial charge in [0.2, 0.25) is 5.91 Å². The van der Waals surface area contributed by atoms with Gasteiger partial charge in [-0.2, -0.15) is 5.10 Å². The van der Waals surface area contributed by atoms with E-state index in [2.05, 4.69) is 22.3 Å². The van der Waals surface area contributed by atoms with E-state index < -0.39 is 0 Å². The Bertz CT molecular complexity index is 852. The summed E-state index contributed by atoms with van der Waals surface area (Å²) in [6.45, 7) is 4.25. The molecule has 0 aliphatic carbocycles. The Hall–Kier alpha value is -2.63. The number of likely N-dealkylation sites (tertiary alicyclic amines) is 2. The Morgan fingerprint density at radius 2 is 1.96 bits per heavy atom. The molecule has 2 saturated heterocycles. The molecule has 2 aliphatic heterocycles. The number of aryl methyl sites for hydroxylation is 1. The number of carbonyl (C=O) groups excluding carboxylic acids is 2. The number of amides is 2. The Balaban J connectivity index is 1.46. The van der Waals surface area contributed by atoms with Gasteiger partial charge < -0.3 is 9.80 Å². The molecule has 6 heteroatoms. The molecule has 2 amide bonds. The number of aromatic nitrogens is 2. The van der Waals surface area contributed by atoms with Crippen LogP contribution in [-0.2, 0) is 11.2 Å². The molecular weight excluding hydrogens is 352 g/mol. The third-order valence-corrected chi connectivity index (χ3v) is 6.43. The van der Waals surface area contributed by atoms with Gasteiger partial charge in [-0.15, -0.1) is 0 Å². The van der Waals surface area contributed by atoms with Crippen LogP contribution >= 0.6 is 0 Å². The maximum atomic E-state index is 12.8. The van der Waals surface area contributed by atoms with E-state index in [-0.39, 0.29) is 23.1 Å². The smallest absolute Gasteiger partial charge is 0.274 e. The maximum absolute atomic E-state index is 12.8. The Labute approximate surface area is 165 Å². The van der Waals surface area contributed by atoms with Crippen LogP contribution in [0.15, 0.2) is 36.4 Å². The van der Waals surface area contributed by atoms with Crippen LogP contribution in [0.3, 0.4) is 0 Å². The van der Waals surface area contributed by atoms with Crippen molar-refractivity contribution in [1.29, 1.82) is 0 Å². The fraction of sp³-hybridized carbons (Fsp3) is 0.500. The van der Waals surface area contributed by atoms with Crippen LogP contribution in [0.1, 0.15) is 53.8 Å². The number of H-pyrrole nitrogens is 1. The van der Waals surface area contributed by atoms with Crippen molar-refractivity contribution in [3.05, 3.63) is 53.3 Å². The standard InChI is InChI=1S/C22H28N4O2/c1-3-17-13-19(24-23-17)21(28)26-11-9-22(10-12-26)14-18(20(27)25(2)15-22)16-7-5-4-6-8-16/h4-8,13,18H,3,9-12,14-15H2,1-2H3,(H,23,24). The molecule has 0 bridgehead atoms. The van der Waals surface area contributed by atoms with E-state index in [1.807, 2.05) is 48.0 Å². The van der Waals surface area contributed by atoms with Crippen LogP contribution < -0.4 is 0 Å². The van der Waals surface area contributed by atoms with Gasteiger partial charge in [0.05, 0.1) is 5.92 Å². The topological polar surface area (TPSA) is 69.3 Å². The summed E-state index contributed by atoms with van der Waals surface area (Å²) in [4.78, 5) is 29.4. The summed E-state index contributed by atoms with van der Waals surface area (Å²) < 4.78 is 0. The van der Waals surface area contributed by atoms with E-state index in [1.54, 1.807) is 0 Å². The fourth-order valence-electron chi connectivity index (χ4n) is 4.74. The van der Waals surface area contributed by atoms with E-state index in [0.717, 1.165) is 56.6 Å². The highest BCUT2D eigenvalue weighted by atomic mass is 16.2. The first-order valence-electron chi connectivity index (χ1n) is 10.1. The van der Waals surface area contributed by atoms with Gasteiger partial charge in [-0.1, -0.05) is 37.3 Å². The number of hydrogen-bond acceptors (Lipinski definition) is 3. The van der Waals surface area contributed by atoms with Crippen LogP contribution in [0.4, 0.5) is 0 Å². The van der Waals surface area contributed by atoms with Crippen LogP contribution in [0, 0.1) is 5.41 Å². The highest BCUT2D eigenvalue weighted by Crippen LogP contribution is 2.45. The molecule has 2 fully saturated rings. The average molecular weight is 380 g/mol. The monoisotopic (exact) mass is 380 g/mol. The van der Waals surface area contributed by atoms with E-state index in [9.17, 15) is 9.59 Å². The Morgan fingerprint density at radius 3 is 2.61 bits per heavy atom. The SMILES string of the molecule is CCc1cc(C(=O)N2CCC3(CC2)CC(c2ccccc2)C(=O)N(C)C3)n[nH]1. The molecule has 1 aromatic carbocycles. The summed E-state index contributed by atoms with van der Waals surface area (Å²) in [5, 5.41) is 7.10. The lowest BCUT2D eigenvalue weighted by Gasteiger charge is -2.49. The Morgan fingerprint density at radius 1 is 1.25 bits per heavy atom. The first-order chi connectivity index (χ1) is 13.5. The number of likely N-dealkylation sites (N-methyl/N-ethyl adjacent to an activating group) is 1. The van der Waals surface area contributed by atoms with E-state index >= 15 is 0 Å². The number of hydrogen-bond donors (Lipinski definition) is 1. The van der Waals surface area contributed by atoms with Crippen molar-refractivity contribution in [3.63, 3.8) is 0 Å². The molecule has 0 radical (unpaired) electrons. The van der Waals surface area contributed by atoms with Crippen LogP contribution in [0.25, 0.3) is 0 Å². The van der Waals surface area contributed by atoms with Gasteiger partial charge in [-0.3, -0.25) is 14.7 Å². The van der Waals surface area contributed by atoms with Crippen molar-refractivity contribution >= 4 is 11.8 Å². The number of piperidine rings is 2. The number of aromatic amines is 1. The molecule has 3 heterocycles. The van der Waals surface area contributed by atoms with Gasteiger partial charge in [-0.05, 0) is 42.7 Å². The zero-order chi connectivity index (χ0) is 19.7. The molecular formula is C22H28N4O2. The number of nitrogens with one attached hydrogen (secondary N) is 1. The zero-order valence-electron chi connectivity index (χ0n) is 16.6. The lowest BCUT2D eigenvalue weighted by molar-refractivity contribution is -0.139. The summed E-state index contributed by atoms with van der Waals surface area (Å²) in [7, 11) is 1.91. The molecule has 1 atom stereocenters. The molecule has 4 rings (SSSR count). The first-order valence-corrected chi connectivity index (χ1v) is 10.1. The highest BCUT2D eigenvalue weighted by molar-refractivity contribution is 5.92. The molecule has 2 aliphatic rings. The van der Waals surface area contributed by atoms with Gasteiger partial charge in [0.15, 0.2) is 0 Å². The van der Waals surface area contributed by atoms with Gasteiger partial charge in [-0.25, -0.2) is 0 Å². The molecule has 2 aromatic rings. The van der Waals surface area contributed by atoms with Crippen LogP contribution in [0.2, 0.25) is 0 Å². The van der Waals surface area contributed by atoms with Crippen molar-refractivity contribution in [3.8, 4) is 0 Å². The van der Waals surface area contributed by atoms with Crippen LogP contribution in [0.5, 0.6) is 0 Å².